The van der Waals surface area contributed by atoms with E-state index in [1.807, 2.05) is 0 Å². The summed E-state index contributed by atoms with van der Waals surface area (Å²) < 4.78 is 40.9. The molecule has 0 spiro atoms. The quantitative estimate of drug-likeness (QED) is 0.546. The SMILES string of the molecule is COC(=O)c1cscc1[B-](F)(F)F. The molecule has 1 aromatic heterocycles. The Morgan fingerprint density at radius 1 is 1.46 bits per heavy atom. The highest BCUT2D eigenvalue weighted by atomic mass is 32.1. The van der Waals surface area contributed by atoms with E-state index in [1.54, 1.807) is 0 Å². The number of methoxy groups -OCH3 is 1. The predicted molar refractivity (Wildman–Crippen MR) is 44.4 cm³/mol. The van der Waals surface area contributed by atoms with Crippen molar-refractivity contribution in [1.82, 2.24) is 0 Å². The zero-order valence-corrected chi connectivity index (χ0v) is 7.41. The monoisotopic (exact) mass is 209 g/mol. The fourth-order valence-electron chi connectivity index (χ4n) is 0.836. The lowest BCUT2D eigenvalue weighted by Crippen LogP contribution is -2.36. The van der Waals surface area contributed by atoms with Gasteiger partial charge in [-0.2, -0.15) is 11.3 Å². The number of carbonyl (C=O) groups is 1. The van der Waals surface area contributed by atoms with Crippen LogP contribution in [0, 0.1) is 0 Å². The molecule has 0 aliphatic heterocycles. The third-order valence-electron chi connectivity index (χ3n) is 1.45. The standard InChI is InChI=1S/C6H5BF3O2S/c1-12-6(11)4-2-13-3-5(4)7(8,9)10/h2-3H,1H3/q-1. The van der Waals surface area contributed by atoms with E-state index in [4.69, 9.17) is 0 Å². The van der Waals surface area contributed by atoms with Crippen molar-refractivity contribution in [2.45, 2.75) is 0 Å². The van der Waals surface area contributed by atoms with Crippen LogP contribution in [0.4, 0.5) is 12.9 Å². The van der Waals surface area contributed by atoms with E-state index < -0.39 is 24.0 Å². The van der Waals surface area contributed by atoms with E-state index in [-0.39, 0.29) is 0 Å². The van der Waals surface area contributed by atoms with Crippen molar-refractivity contribution in [2.24, 2.45) is 0 Å². The van der Waals surface area contributed by atoms with Gasteiger partial charge < -0.3 is 17.7 Å². The molecular formula is C6H5BF3O2S-. The molecule has 2 nitrogen and oxygen atoms in total. The first-order chi connectivity index (χ1) is 5.96. The van der Waals surface area contributed by atoms with Crippen LogP contribution >= 0.6 is 11.3 Å². The lowest BCUT2D eigenvalue weighted by atomic mass is 9.79. The summed E-state index contributed by atoms with van der Waals surface area (Å²) in [6, 6.07) is 0. The second-order valence-corrected chi connectivity index (χ2v) is 3.05. The fraction of sp³-hybridized carbons (Fsp3) is 0.167. The minimum atomic E-state index is -5.13. The molecule has 1 aromatic rings. The van der Waals surface area contributed by atoms with E-state index in [0.29, 0.717) is 0 Å². The van der Waals surface area contributed by atoms with Crippen LogP contribution in [0.3, 0.4) is 0 Å². The Balaban J connectivity index is 3.10. The Labute approximate surface area is 76.4 Å². The van der Waals surface area contributed by atoms with Crippen LogP contribution in [0.25, 0.3) is 0 Å². The van der Waals surface area contributed by atoms with E-state index in [0.717, 1.165) is 29.2 Å². The van der Waals surface area contributed by atoms with E-state index >= 15 is 0 Å². The molecular weight excluding hydrogens is 204 g/mol. The topological polar surface area (TPSA) is 26.3 Å². The van der Waals surface area contributed by atoms with Crippen molar-refractivity contribution in [3.8, 4) is 0 Å². The van der Waals surface area contributed by atoms with Gasteiger partial charge in [-0.3, -0.25) is 0 Å². The maximum Gasteiger partial charge on any atom is 0.511 e. The molecule has 1 heterocycles. The summed E-state index contributed by atoms with van der Waals surface area (Å²) >= 11 is 0.832. The summed E-state index contributed by atoms with van der Waals surface area (Å²) in [7, 11) is 1.05. The molecule has 0 unspecified atom stereocenters. The summed E-state index contributed by atoms with van der Waals surface area (Å²) in [6.45, 7) is -5.13. The number of halogens is 3. The largest absolute Gasteiger partial charge is 0.511 e. The Kier molecular flexibility index (Phi) is 2.65. The number of hydrogen-bond donors (Lipinski definition) is 0. The molecule has 0 fully saturated rings. The van der Waals surface area contributed by atoms with Crippen molar-refractivity contribution < 1.29 is 22.5 Å². The van der Waals surface area contributed by atoms with Crippen LogP contribution in [0.1, 0.15) is 10.4 Å². The van der Waals surface area contributed by atoms with Crippen LogP contribution in [0.15, 0.2) is 10.8 Å². The normalized spacial score (nSPS) is 11.4. The van der Waals surface area contributed by atoms with Gasteiger partial charge in [-0.25, -0.2) is 4.79 Å². The summed E-state index contributed by atoms with van der Waals surface area (Å²) in [6.07, 6.45) is 0. The van der Waals surface area contributed by atoms with Gasteiger partial charge in [-0.05, 0) is 5.38 Å². The predicted octanol–water partition coefficient (Wildman–Crippen LogP) is 1.59. The summed E-state index contributed by atoms with van der Waals surface area (Å²) in [5.74, 6) is -0.949. The van der Waals surface area contributed by atoms with Gasteiger partial charge in [0.05, 0.1) is 7.11 Å². The number of rotatable bonds is 2. The number of ether oxygens (including phenoxy) is 1. The molecule has 0 amide bonds. The molecule has 0 saturated carbocycles. The number of carbonyl (C=O) groups excluding carboxylic acids is 1. The highest BCUT2D eigenvalue weighted by Crippen LogP contribution is 2.16. The van der Waals surface area contributed by atoms with Crippen molar-refractivity contribution in [2.75, 3.05) is 7.11 Å². The van der Waals surface area contributed by atoms with Gasteiger partial charge in [-0.15, -0.1) is 0 Å². The van der Waals surface area contributed by atoms with Gasteiger partial charge in [0.2, 0.25) is 0 Å². The second kappa shape index (κ2) is 3.41. The highest BCUT2D eigenvalue weighted by Gasteiger charge is 2.31. The molecule has 0 atom stereocenters. The van der Waals surface area contributed by atoms with Crippen molar-refractivity contribution in [3.05, 3.63) is 16.3 Å². The smallest absolute Gasteiger partial charge is 0.465 e. The zero-order chi connectivity index (χ0) is 10.1. The Hall–Kier alpha value is -0.975. The second-order valence-electron chi connectivity index (χ2n) is 2.31. The first kappa shape index (κ1) is 10.1. The molecule has 13 heavy (non-hydrogen) atoms. The molecule has 0 N–H and O–H groups in total. The number of esters is 1. The number of hydrogen-bond acceptors (Lipinski definition) is 3. The molecule has 0 aliphatic rings. The molecule has 0 aromatic carbocycles. The molecule has 7 heteroatoms. The minimum Gasteiger partial charge on any atom is -0.465 e. The van der Waals surface area contributed by atoms with E-state index in [2.05, 4.69) is 4.74 Å². The fourth-order valence-corrected chi connectivity index (χ4v) is 1.70. The first-order valence-corrected chi connectivity index (χ1v) is 4.25. The Morgan fingerprint density at radius 3 is 2.54 bits per heavy atom. The third kappa shape index (κ3) is 2.03. The van der Waals surface area contributed by atoms with Gasteiger partial charge >= 0.3 is 12.9 Å². The van der Waals surface area contributed by atoms with Crippen molar-refractivity contribution in [3.63, 3.8) is 0 Å². The van der Waals surface area contributed by atoms with Crippen LogP contribution < -0.4 is 5.46 Å². The minimum absolute atomic E-state index is 0.403. The molecule has 0 saturated heterocycles. The zero-order valence-electron chi connectivity index (χ0n) is 6.59. The van der Waals surface area contributed by atoms with Gasteiger partial charge in [0.15, 0.2) is 0 Å². The maximum atomic E-state index is 12.2. The van der Waals surface area contributed by atoms with E-state index in [1.165, 1.54) is 0 Å². The van der Waals surface area contributed by atoms with Crippen LogP contribution in [0.5, 0.6) is 0 Å². The lowest BCUT2D eigenvalue weighted by Gasteiger charge is -2.13. The van der Waals surface area contributed by atoms with Gasteiger partial charge in [-0.1, -0.05) is 5.46 Å². The number of thiophene rings is 1. The van der Waals surface area contributed by atoms with Crippen LogP contribution in [0.2, 0.25) is 0 Å². The molecule has 0 radical (unpaired) electrons. The molecule has 72 valence electrons. The van der Waals surface area contributed by atoms with Crippen LogP contribution in [-0.4, -0.2) is 20.1 Å². The molecule has 0 bridgehead atoms. The molecule has 0 aliphatic carbocycles. The Bertz CT molecular complexity index is 320. The average molecular weight is 209 g/mol. The van der Waals surface area contributed by atoms with Crippen molar-refractivity contribution in [1.29, 1.82) is 0 Å². The summed E-state index contributed by atoms with van der Waals surface area (Å²) in [5.41, 5.74) is -1.28. The third-order valence-corrected chi connectivity index (χ3v) is 2.21. The average Bonchev–Trinajstić information content (AvgIpc) is 2.49. The van der Waals surface area contributed by atoms with Gasteiger partial charge in [0.25, 0.3) is 0 Å². The summed E-state index contributed by atoms with van der Waals surface area (Å²) in [4.78, 5) is 10.8. The Morgan fingerprint density at radius 2 is 2.08 bits per heavy atom. The van der Waals surface area contributed by atoms with Gasteiger partial charge in [0.1, 0.15) is 0 Å². The first-order valence-electron chi connectivity index (χ1n) is 3.31. The van der Waals surface area contributed by atoms with Crippen LogP contribution in [-0.2, 0) is 4.74 Å². The van der Waals surface area contributed by atoms with Gasteiger partial charge in [0, 0.05) is 10.9 Å². The van der Waals surface area contributed by atoms with Crippen molar-refractivity contribution >= 4 is 29.7 Å². The lowest BCUT2D eigenvalue weighted by molar-refractivity contribution is 0.0602. The van der Waals surface area contributed by atoms with E-state index in [9.17, 15) is 17.7 Å². The molecule has 1 rings (SSSR count). The summed E-state index contributed by atoms with van der Waals surface area (Å²) in [5, 5.41) is 2.04. The highest BCUT2D eigenvalue weighted by molar-refractivity contribution is 7.10. The maximum absolute atomic E-state index is 12.2.